The molecule has 1 heterocycles. The smallest absolute Gasteiger partial charge is 0.408 e. The lowest BCUT2D eigenvalue weighted by atomic mass is 10.0. The van der Waals surface area contributed by atoms with Gasteiger partial charge in [0.1, 0.15) is 17.5 Å². The standard InChI is InChI=1S/C25H25ClF4N2O4S/c1-24(2,3)36-23(35)31-18-13-37-21-11-17(27)16(20(33)8-9-25(28,29)30)10-19(21)32(22(18)34)12-14-4-6-15(26)7-5-14/h4-7,10-11,18H,8-9,12-13H2,1-3H3,(H,31,35)/t18-/m0/s1. The van der Waals surface area contributed by atoms with Crippen LogP contribution in [0, 0.1) is 5.82 Å². The molecule has 1 N–H and O–H groups in total. The Kier molecular flexibility index (Phi) is 8.79. The van der Waals surface area contributed by atoms with Crippen molar-refractivity contribution >= 4 is 46.8 Å². The van der Waals surface area contributed by atoms with Gasteiger partial charge in [-0.2, -0.15) is 13.2 Å². The van der Waals surface area contributed by atoms with Crippen molar-refractivity contribution in [3.63, 3.8) is 0 Å². The number of ketones is 1. The molecular weight excluding hydrogens is 536 g/mol. The van der Waals surface area contributed by atoms with Gasteiger partial charge in [0.15, 0.2) is 5.78 Å². The Morgan fingerprint density at radius 2 is 1.81 bits per heavy atom. The molecule has 1 atom stereocenters. The van der Waals surface area contributed by atoms with E-state index in [-0.39, 0.29) is 18.0 Å². The van der Waals surface area contributed by atoms with E-state index in [2.05, 4.69) is 5.32 Å². The van der Waals surface area contributed by atoms with Crippen LogP contribution >= 0.6 is 23.4 Å². The molecule has 2 aromatic rings. The zero-order valence-corrected chi connectivity index (χ0v) is 21.8. The molecule has 2 amide bonds. The lowest BCUT2D eigenvalue weighted by Gasteiger charge is -2.27. The molecule has 0 unspecified atom stereocenters. The maximum Gasteiger partial charge on any atom is 0.408 e. The van der Waals surface area contributed by atoms with Crippen molar-refractivity contribution in [2.24, 2.45) is 0 Å². The maximum atomic E-state index is 14.8. The van der Waals surface area contributed by atoms with Gasteiger partial charge in [-0.05, 0) is 50.6 Å². The summed E-state index contributed by atoms with van der Waals surface area (Å²) in [4.78, 5) is 40.0. The summed E-state index contributed by atoms with van der Waals surface area (Å²) in [7, 11) is 0. The van der Waals surface area contributed by atoms with E-state index < -0.39 is 59.8 Å². The molecule has 2 aromatic carbocycles. The number of amides is 2. The van der Waals surface area contributed by atoms with E-state index in [9.17, 15) is 31.9 Å². The minimum absolute atomic E-state index is 0.0299. The third-order valence-corrected chi connectivity index (χ3v) is 6.58. The average molecular weight is 561 g/mol. The topological polar surface area (TPSA) is 75.7 Å². The van der Waals surface area contributed by atoms with Crippen molar-refractivity contribution in [2.75, 3.05) is 10.7 Å². The highest BCUT2D eigenvalue weighted by Crippen LogP contribution is 2.38. The van der Waals surface area contributed by atoms with Crippen LogP contribution in [0.1, 0.15) is 49.5 Å². The van der Waals surface area contributed by atoms with Crippen LogP contribution in [0.25, 0.3) is 0 Å². The van der Waals surface area contributed by atoms with Crippen LogP contribution in [-0.4, -0.2) is 41.4 Å². The minimum atomic E-state index is -4.58. The van der Waals surface area contributed by atoms with Crippen molar-refractivity contribution in [1.82, 2.24) is 5.32 Å². The molecule has 0 spiro atoms. The number of anilines is 1. The number of halogens is 5. The number of benzene rings is 2. The molecular formula is C25H25ClF4N2O4S. The van der Waals surface area contributed by atoms with Gasteiger partial charge in [0.2, 0.25) is 0 Å². The summed E-state index contributed by atoms with van der Waals surface area (Å²) >= 11 is 7.02. The number of nitrogens with one attached hydrogen (secondary N) is 1. The van der Waals surface area contributed by atoms with Gasteiger partial charge in [0, 0.05) is 22.1 Å². The Labute approximate surface area is 220 Å². The van der Waals surface area contributed by atoms with Crippen LogP contribution in [0.3, 0.4) is 0 Å². The van der Waals surface area contributed by atoms with Crippen LogP contribution in [0.2, 0.25) is 5.02 Å². The highest BCUT2D eigenvalue weighted by Gasteiger charge is 2.35. The van der Waals surface area contributed by atoms with Gasteiger partial charge in [-0.3, -0.25) is 9.59 Å². The summed E-state index contributed by atoms with van der Waals surface area (Å²) in [5.74, 6) is -2.55. The second-order valence-corrected chi connectivity index (χ2v) is 10.9. The lowest BCUT2D eigenvalue weighted by molar-refractivity contribution is -0.133. The van der Waals surface area contributed by atoms with Gasteiger partial charge in [-0.15, -0.1) is 11.8 Å². The van der Waals surface area contributed by atoms with Crippen LogP contribution in [0.4, 0.5) is 28.0 Å². The monoisotopic (exact) mass is 560 g/mol. The molecule has 6 nitrogen and oxygen atoms in total. The predicted molar refractivity (Wildman–Crippen MR) is 133 cm³/mol. The number of thioether (sulfide) groups is 1. The van der Waals surface area contributed by atoms with Crippen LogP contribution in [-0.2, 0) is 16.1 Å². The first-order chi connectivity index (χ1) is 17.1. The Bertz CT molecular complexity index is 1180. The van der Waals surface area contributed by atoms with Crippen molar-refractivity contribution in [3.8, 4) is 0 Å². The molecule has 0 bridgehead atoms. The van der Waals surface area contributed by atoms with E-state index in [1.807, 2.05) is 0 Å². The molecule has 12 heteroatoms. The van der Waals surface area contributed by atoms with Crippen molar-refractivity contribution in [2.45, 2.75) is 62.9 Å². The van der Waals surface area contributed by atoms with Gasteiger partial charge < -0.3 is 15.0 Å². The second kappa shape index (κ2) is 11.3. The molecule has 0 fully saturated rings. The maximum absolute atomic E-state index is 14.8. The Balaban J connectivity index is 1.99. The zero-order chi connectivity index (χ0) is 27.5. The summed E-state index contributed by atoms with van der Waals surface area (Å²) in [5.41, 5.74) is -0.571. The molecule has 1 aliphatic rings. The lowest BCUT2D eigenvalue weighted by Crippen LogP contribution is -2.50. The predicted octanol–water partition coefficient (Wildman–Crippen LogP) is 6.54. The van der Waals surface area contributed by atoms with Crippen molar-refractivity contribution in [3.05, 3.63) is 58.4 Å². The summed E-state index contributed by atoms with van der Waals surface area (Å²) in [5, 5.41) is 3.00. The van der Waals surface area contributed by atoms with E-state index in [4.69, 9.17) is 16.3 Å². The first kappa shape index (κ1) is 28.8. The van der Waals surface area contributed by atoms with Gasteiger partial charge in [-0.1, -0.05) is 23.7 Å². The number of alkyl halides is 3. The molecule has 37 heavy (non-hydrogen) atoms. The number of Topliss-reactive ketones (excluding diaryl/α,β-unsaturated/α-hetero) is 1. The normalized spacial score (nSPS) is 16.2. The van der Waals surface area contributed by atoms with Crippen LogP contribution in [0.5, 0.6) is 0 Å². The summed E-state index contributed by atoms with van der Waals surface area (Å²) in [6.07, 6.45) is -7.73. The molecule has 0 aromatic heterocycles. The molecule has 0 saturated carbocycles. The minimum Gasteiger partial charge on any atom is -0.444 e. The summed E-state index contributed by atoms with van der Waals surface area (Å²) in [6.45, 7) is 4.97. The van der Waals surface area contributed by atoms with E-state index in [1.54, 1.807) is 45.0 Å². The van der Waals surface area contributed by atoms with Crippen LogP contribution < -0.4 is 10.2 Å². The molecule has 0 aliphatic carbocycles. The van der Waals surface area contributed by atoms with Gasteiger partial charge in [0.05, 0.1) is 24.2 Å². The molecule has 0 saturated heterocycles. The number of hydrogen-bond acceptors (Lipinski definition) is 5. The zero-order valence-electron chi connectivity index (χ0n) is 20.2. The fourth-order valence-electron chi connectivity index (χ4n) is 3.51. The van der Waals surface area contributed by atoms with Gasteiger partial charge in [0.25, 0.3) is 5.91 Å². The molecule has 0 radical (unpaired) electrons. The Morgan fingerprint density at radius 1 is 1.16 bits per heavy atom. The summed E-state index contributed by atoms with van der Waals surface area (Å²) < 4.78 is 58.0. The second-order valence-electron chi connectivity index (χ2n) is 9.40. The van der Waals surface area contributed by atoms with E-state index >= 15 is 0 Å². The van der Waals surface area contributed by atoms with E-state index in [0.29, 0.717) is 15.5 Å². The fraction of sp³-hybridized carbons (Fsp3) is 0.400. The number of rotatable bonds is 6. The van der Waals surface area contributed by atoms with Crippen molar-refractivity contribution in [1.29, 1.82) is 0 Å². The molecule has 1 aliphatic heterocycles. The Morgan fingerprint density at radius 3 is 2.41 bits per heavy atom. The van der Waals surface area contributed by atoms with Crippen molar-refractivity contribution < 1.29 is 36.7 Å². The highest BCUT2D eigenvalue weighted by molar-refractivity contribution is 7.99. The fourth-order valence-corrected chi connectivity index (χ4v) is 4.72. The number of nitrogens with zero attached hydrogens (tertiary/aromatic N) is 1. The number of alkyl carbamates (subject to hydrolysis) is 1. The highest BCUT2D eigenvalue weighted by atomic mass is 35.5. The molecule has 200 valence electrons. The average Bonchev–Trinajstić information content (AvgIpc) is 2.88. The Hall–Kier alpha value is -2.79. The first-order valence-electron chi connectivity index (χ1n) is 11.2. The summed E-state index contributed by atoms with van der Waals surface area (Å²) in [6, 6.07) is 7.63. The first-order valence-corrected chi connectivity index (χ1v) is 12.6. The van der Waals surface area contributed by atoms with E-state index in [0.717, 1.165) is 23.9 Å². The third-order valence-electron chi connectivity index (χ3n) is 5.19. The van der Waals surface area contributed by atoms with Gasteiger partial charge in [-0.25, -0.2) is 9.18 Å². The number of fused-ring (bicyclic) bond motifs is 1. The largest absolute Gasteiger partial charge is 0.444 e. The number of carbonyl (C=O) groups is 3. The van der Waals surface area contributed by atoms with Crippen LogP contribution in [0.15, 0.2) is 41.3 Å². The quantitative estimate of drug-likeness (QED) is 0.321. The third kappa shape index (κ3) is 8.10. The SMILES string of the molecule is CC(C)(C)OC(=O)N[C@H]1CSc2cc(F)c(C(=O)CCC(F)(F)F)cc2N(Cc2ccc(Cl)cc2)C1=O. The molecule has 3 rings (SSSR count). The number of carbonyl (C=O) groups excluding carboxylic acids is 3. The van der Waals surface area contributed by atoms with Gasteiger partial charge >= 0.3 is 12.3 Å². The number of ether oxygens (including phenoxy) is 1. The number of hydrogen-bond donors (Lipinski definition) is 1. The van der Waals surface area contributed by atoms with E-state index in [1.165, 1.54) is 4.90 Å².